The fourth-order valence-corrected chi connectivity index (χ4v) is 3.44. The van der Waals surface area contributed by atoms with Crippen LogP contribution in [-0.2, 0) is 30.4 Å². The van der Waals surface area contributed by atoms with Crippen LogP contribution in [0.1, 0.15) is 45.2 Å². The first-order valence-electron chi connectivity index (χ1n) is 12.0. The lowest BCUT2D eigenvalue weighted by atomic mass is 10.0. The average Bonchev–Trinajstić information content (AvgIpc) is 3.32. The number of carboxylic acids is 1. The van der Waals surface area contributed by atoms with Crippen LogP contribution in [0.2, 0.25) is 0 Å². The molecule has 0 fully saturated rings. The summed E-state index contributed by atoms with van der Waals surface area (Å²) in [6.45, 7) is 3.98. The van der Waals surface area contributed by atoms with Crippen molar-refractivity contribution in [1.82, 2.24) is 25.9 Å². The summed E-state index contributed by atoms with van der Waals surface area (Å²) in [6, 6.07) is -4.87. The van der Waals surface area contributed by atoms with Crippen LogP contribution in [0, 0.1) is 5.92 Å². The third-order valence-corrected chi connectivity index (χ3v) is 5.27. The zero-order valence-corrected chi connectivity index (χ0v) is 21.5. The summed E-state index contributed by atoms with van der Waals surface area (Å²) >= 11 is 0. The lowest BCUT2D eigenvalue weighted by molar-refractivity contribution is -0.143. The van der Waals surface area contributed by atoms with E-state index in [1.807, 2.05) is 13.8 Å². The summed E-state index contributed by atoms with van der Waals surface area (Å²) in [7, 11) is 0. The minimum absolute atomic E-state index is 0.0952. The predicted molar refractivity (Wildman–Crippen MR) is 137 cm³/mol. The van der Waals surface area contributed by atoms with Gasteiger partial charge in [0.1, 0.15) is 18.1 Å². The number of guanidine groups is 1. The van der Waals surface area contributed by atoms with Crippen LogP contribution in [0.5, 0.6) is 0 Å². The van der Waals surface area contributed by atoms with Crippen LogP contribution in [0.3, 0.4) is 0 Å². The maximum absolute atomic E-state index is 13.2. The fourth-order valence-electron chi connectivity index (χ4n) is 3.44. The average molecular weight is 539 g/mol. The van der Waals surface area contributed by atoms with Gasteiger partial charge < -0.3 is 49.0 Å². The molecule has 13 N–H and O–H groups in total. The highest BCUT2D eigenvalue weighted by Gasteiger charge is 2.31. The van der Waals surface area contributed by atoms with Crippen molar-refractivity contribution in [2.75, 3.05) is 6.54 Å². The lowest BCUT2D eigenvalue weighted by Gasteiger charge is -2.25. The van der Waals surface area contributed by atoms with E-state index < -0.39 is 60.2 Å². The van der Waals surface area contributed by atoms with Crippen molar-refractivity contribution >= 4 is 35.6 Å². The molecule has 4 atom stereocenters. The van der Waals surface area contributed by atoms with E-state index in [0.717, 1.165) is 0 Å². The molecule has 38 heavy (non-hydrogen) atoms. The number of carbonyl (C=O) groups is 5. The highest BCUT2D eigenvalue weighted by Crippen LogP contribution is 2.07. The monoisotopic (exact) mass is 538 g/mol. The van der Waals surface area contributed by atoms with Crippen LogP contribution in [-0.4, -0.2) is 81.3 Å². The number of aliphatic imine (C=N–C) groups is 1. The first kappa shape index (κ1) is 31.8. The number of H-pyrrole nitrogens is 1. The molecule has 0 radical (unpaired) electrons. The molecule has 0 aliphatic rings. The minimum atomic E-state index is -1.61. The van der Waals surface area contributed by atoms with Gasteiger partial charge in [-0.25, -0.2) is 9.78 Å². The zero-order chi connectivity index (χ0) is 28.8. The van der Waals surface area contributed by atoms with Gasteiger partial charge in [0.15, 0.2) is 5.96 Å². The summed E-state index contributed by atoms with van der Waals surface area (Å²) < 4.78 is 0. The smallest absolute Gasteiger partial charge is 0.326 e. The second-order valence-corrected chi connectivity index (χ2v) is 9.16. The van der Waals surface area contributed by atoms with Crippen LogP contribution >= 0.6 is 0 Å². The van der Waals surface area contributed by atoms with E-state index in [2.05, 4.69) is 30.9 Å². The van der Waals surface area contributed by atoms with E-state index in [9.17, 15) is 29.1 Å². The normalized spacial score (nSPS) is 14.0. The number of imidazole rings is 1. The van der Waals surface area contributed by atoms with Crippen LogP contribution < -0.4 is 38.9 Å². The highest BCUT2D eigenvalue weighted by atomic mass is 16.4. The molecule has 0 unspecified atom stereocenters. The quantitative estimate of drug-likeness (QED) is 0.0543. The second-order valence-electron chi connectivity index (χ2n) is 9.16. The number of amides is 4. The van der Waals surface area contributed by atoms with Gasteiger partial charge in [-0.05, 0) is 25.2 Å². The van der Waals surface area contributed by atoms with Crippen LogP contribution in [0.15, 0.2) is 17.5 Å². The molecular formula is C22H38N10O6. The van der Waals surface area contributed by atoms with E-state index >= 15 is 0 Å². The van der Waals surface area contributed by atoms with Crippen molar-refractivity contribution in [1.29, 1.82) is 0 Å². The summed E-state index contributed by atoms with van der Waals surface area (Å²) in [5.74, 6) is -4.57. The van der Waals surface area contributed by atoms with Gasteiger partial charge in [-0.2, -0.15) is 0 Å². The third kappa shape index (κ3) is 12.2. The molecule has 1 aromatic rings. The van der Waals surface area contributed by atoms with E-state index in [-0.39, 0.29) is 31.3 Å². The molecular weight excluding hydrogens is 500 g/mol. The molecule has 0 aromatic carbocycles. The van der Waals surface area contributed by atoms with Crippen LogP contribution in [0.4, 0.5) is 0 Å². The van der Waals surface area contributed by atoms with Crippen molar-refractivity contribution in [3.05, 3.63) is 18.2 Å². The van der Waals surface area contributed by atoms with E-state index in [1.54, 1.807) is 0 Å². The van der Waals surface area contributed by atoms with Crippen molar-refractivity contribution < 1.29 is 29.1 Å². The Hall–Kier alpha value is -4.21. The van der Waals surface area contributed by atoms with Crippen LogP contribution in [0.25, 0.3) is 0 Å². The standard InChI is InChI=1S/C22H38N10O6/c1-11(2)6-13(23)18(34)30-14(4-3-5-28-22(25)26)19(35)31-15(7-12-9-27-10-29-12)20(36)32-16(21(37)38)8-17(24)33/h9-11,13-16H,3-8,23H2,1-2H3,(H2,24,33)(H,27,29)(H,30,34)(H,31,35)(H,32,36)(H,37,38)(H4,25,26,28)/t13-,14-,15-,16-/m0/s1. The number of hydrogen-bond acceptors (Lipinski definition) is 8. The van der Waals surface area contributed by atoms with E-state index in [4.69, 9.17) is 22.9 Å². The minimum Gasteiger partial charge on any atom is -0.480 e. The number of carboxylic acid groups (broad SMARTS) is 1. The summed E-state index contributed by atoms with van der Waals surface area (Å²) in [5.41, 5.74) is 22.2. The SMILES string of the molecule is CC(C)C[C@H](N)C(=O)N[C@@H](CCCN=C(N)N)C(=O)N[C@@H](Cc1cnc[nH]1)C(=O)N[C@@H](CC(N)=O)C(=O)O. The topological polar surface area (TPSA) is 287 Å². The summed E-state index contributed by atoms with van der Waals surface area (Å²) in [5, 5.41) is 16.7. The number of aliphatic carboxylic acids is 1. The maximum atomic E-state index is 13.2. The van der Waals surface area contributed by atoms with Gasteiger partial charge in [0, 0.05) is 24.9 Å². The first-order chi connectivity index (χ1) is 17.8. The summed E-state index contributed by atoms with van der Waals surface area (Å²) in [4.78, 5) is 72.1. The highest BCUT2D eigenvalue weighted by molar-refractivity contribution is 5.95. The predicted octanol–water partition coefficient (Wildman–Crippen LogP) is -3.21. The molecule has 0 bridgehead atoms. The Kier molecular flexibility index (Phi) is 13.2. The van der Waals surface area contributed by atoms with Crippen molar-refractivity contribution in [3.63, 3.8) is 0 Å². The maximum Gasteiger partial charge on any atom is 0.326 e. The molecule has 1 heterocycles. The molecule has 16 heteroatoms. The van der Waals surface area contributed by atoms with Crippen molar-refractivity contribution in [2.45, 2.75) is 70.1 Å². The number of nitrogens with zero attached hydrogens (tertiary/aromatic N) is 2. The Morgan fingerprint density at radius 3 is 2.13 bits per heavy atom. The lowest BCUT2D eigenvalue weighted by Crippen LogP contribution is -2.58. The van der Waals surface area contributed by atoms with Gasteiger partial charge in [-0.1, -0.05) is 13.8 Å². The molecule has 0 saturated heterocycles. The Morgan fingerprint density at radius 1 is 1.00 bits per heavy atom. The fraction of sp³-hybridized carbons (Fsp3) is 0.591. The van der Waals surface area contributed by atoms with Gasteiger partial charge in [-0.3, -0.25) is 24.2 Å². The second kappa shape index (κ2) is 15.8. The van der Waals surface area contributed by atoms with Gasteiger partial charge in [0.05, 0.1) is 18.8 Å². The molecule has 0 spiro atoms. The molecule has 0 aliphatic carbocycles. The van der Waals surface area contributed by atoms with Crippen molar-refractivity contribution in [2.24, 2.45) is 33.8 Å². The molecule has 1 rings (SSSR count). The first-order valence-corrected chi connectivity index (χ1v) is 12.0. The van der Waals surface area contributed by atoms with Gasteiger partial charge in [-0.15, -0.1) is 0 Å². The number of aromatic amines is 1. The number of nitrogens with two attached hydrogens (primary N) is 4. The molecule has 4 amide bonds. The number of primary amides is 1. The van der Waals surface area contributed by atoms with Gasteiger partial charge in [0.25, 0.3) is 0 Å². The third-order valence-electron chi connectivity index (χ3n) is 5.27. The molecule has 0 saturated carbocycles. The Balaban J connectivity index is 3.11. The number of hydrogen-bond donors (Lipinski definition) is 9. The Bertz CT molecular complexity index is 977. The van der Waals surface area contributed by atoms with Gasteiger partial charge in [0.2, 0.25) is 23.6 Å². The summed E-state index contributed by atoms with van der Waals surface area (Å²) in [6.07, 6.45) is 2.85. The number of nitrogens with one attached hydrogen (secondary N) is 4. The molecule has 212 valence electrons. The molecule has 1 aromatic heterocycles. The number of rotatable bonds is 17. The Morgan fingerprint density at radius 2 is 1.61 bits per heavy atom. The molecule has 16 nitrogen and oxygen atoms in total. The van der Waals surface area contributed by atoms with Crippen molar-refractivity contribution in [3.8, 4) is 0 Å². The largest absolute Gasteiger partial charge is 0.480 e. The Labute approximate surface area is 219 Å². The van der Waals surface area contributed by atoms with E-state index in [1.165, 1.54) is 12.5 Å². The number of carbonyl (C=O) groups excluding carboxylic acids is 4. The molecule has 0 aliphatic heterocycles. The van der Waals surface area contributed by atoms with Gasteiger partial charge >= 0.3 is 5.97 Å². The number of aromatic nitrogens is 2. The van der Waals surface area contributed by atoms with E-state index in [0.29, 0.717) is 18.5 Å². The zero-order valence-electron chi connectivity index (χ0n) is 21.5.